The predicted octanol–water partition coefficient (Wildman–Crippen LogP) is 1.90. The van der Waals surface area contributed by atoms with Crippen molar-refractivity contribution in [2.75, 3.05) is 18.1 Å². The monoisotopic (exact) mass is 380 g/mol. The smallest absolute Gasteiger partial charge is 0.303 e. The van der Waals surface area contributed by atoms with E-state index in [9.17, 15) is 19.7 Å². The topological polar surface area (TPSA) is 85.0 Å². The third-order valence-corrected chi connectivity index (χ3v) is 5.33. The molecule has 1 unspecified atom stereocenters. The number of quaternary nitrogens is 1. The molecule has 0 bridgehead atoms. The number of carbonyl (C=O) groups is 2. The molecule has 0 radical (unpaired) electrons. The molecule has 1 N–H and O–H groups in total. The van der Waals surface area contributed by atoms with Gasteiger partial charge in [-0.2, -0.15) is 0 Å². The van der Waals surface area contributed by atoms with Gasteiger partial charge < -0.3 is 4.90 Å². The number of nitro benzene ring substituents is 1. The fraction of sp³-hybridized carbons (Fsp3) is 0.250. The van der Waals surface area contributed by atoms with Gasteiger partial charge in [-0.3, -0.25) is 24.6 Å². The maximum absolute atomic E-state index is 12.3. The fourth-order valence-corrected chi connectivity index (χ4v) is 3.93. The Labute approximate surface area is 152 Å². The minimum Gasteiger partial charge on any atom is -0.313 e. The first-order valence-electron chi connectivity index (χ1n) is 7.63. The summed E-state index contributed by atoms with van der Waals surface area (Å²) in [5, 5.41) is 10.9. The van der Waals surface area contributed by atoms with E-state index in [-0.39, 0.29) is 11.3 Å². The number of carbonyl (C=O) groups excluding carboxylic acids is 2. The van der Waals surface area contributed by atoms with E-state index in [1.165, 1.54) is 34.4 Å². The predicted molar refractivity (Wildman–Crippen MR) is 94.3 cm³/mol. The number of anilines is 1. The van der Waals surface area contributed by atoms with Crippen LogP contribution in [0.1, 0.15) is 22.2 Å². The highest BCUT2D eigenvalue weighted by Crippen LogP contribution is 2.31. The Morgan fingerprint density at radius 3 is 2.64 bits per heavy atom. The number of nitrogens with zero attached hydrogens (tertiary/aromatic N) is 2. The molecule has 7 nitrogen and oxygen atoms in total. The summed E-state index contributed by atoms with van der Waals surface area (Å²) in [7, 11) is 0. The maximum atomic E-state index is 12.3. The molecule has 130 valence electrons. The van der Waals surface area contributed by atoms with Crippen molar-refractivity contribution < 1.29 is 19.4 Å². The van der Waals surface area contributed by atoms with E-state index in [4.69, 9.17) is 11.6 Å². The van der Waals surface area contributed by atoms with E-state index < -0.39 is 16.6 Å². The first kappa shape index (κ1) is 17.5. The lowest BCUT2D eigenvalue weighted by molar-refractivity contribution is -0.910. The van der Waals surface area contributed by atoms with Crippen molar-refractivity contribution in [3.05, 3.63) is 55.2 Å². The van der Waals surface area contributed by atoms with Crippen LogP contribution >= 0.6 is 22.9 Å². The molecular weight excluding hydrogens is 366 g/mol. The number of non-ortho nitro benzene ring substituents is 1. The molecule has 25 heavy (non-hydrogen) atoms. The molecule has 0 aliphatic carbocycles. The molecule has 3 rings (SSSR count). The number of amides is 1. The molecule has 1 aliphatic rings. The van der Waals surface area contributed by atoms with Crippen LogP contribution in [0.25, 0.3) is 0 Å². The van der Waals surface area contributed by atoms with Gasteiger partial charge in [-0.25, -0.2) is 0 Å². The van der Waals surface area contributed by atoms with Gasteiger partial charge in [0.25, 0.3) is 11.5 Å². The number of Topliss-reactive ketones (excluding diaryl/α,β-unsaturated/α-hetero) is 1. The highest BCUT2D eigenvalue weighted by atomic mass is 35.5. The fourth-order valence-electron chi connectivity index (χ4n) is 2.77. The molecule has 1 aromatic heterocycles. The zero-order valence-electron chi connectivity index (χ0n) is 13.3. The average Bonchev–Trinajstić information content (AvgIpc) is 3.10. The maximum Gasteiger partial charge on any atom is 0.303 e. The Hall–Kier alpha value is -2.29. The summed E-state index contributed by atoms with van der Waals surface area (Å²) in [6, 6.07) is 7.71. The van der Waals surface area contributed by atoms with E-state index in [0.29, 0.717) is 23.2 Å². The zero-order chi connectivity index (χ0) is 18.1. The summed E-state index contributed by atoms with van der Waals surface area (Å²) in [5.74, 6) is -1.35. The van der Waals surface area contributed by atoms with Crippen molar-refractivity contribution in [2.24, 2.45) is 0 Å². The molecule has 9 heteroatoms. The Kier molecular flexibility index (Phi) is 4.85. The second kappa shape index (κ2) is 6.91. The van der Waals surface area contributed by atoms with Crippen molar-refractivity contribution >= 4 is 46.0 Å². The van der Waals surface area contributed by atoms with Crippen molar-refractivity contribution in [3.8, 4) is 0 Å². The number of rotatable bonds is 6. The van der Waals surface area contributed by atoms with Gasteiger partial charge in [0.15, 0.2) is 6.67 Å². The zero-order valence-corrected chi connectivity index (χ0v) is 14.9. The van der Waals surface area contributed by atoms with Gasteiger partial charge in [0.2, 0.25) is 0 Å². The minimum absolute atomic E-state index is 0.0915. The third-order valence-electron chi connectivity index (χ3n) is 4.10. The number of benzene rings is 1. The van der Waals surface area contributed by atoms with Crippen LogP contribution in [0.4, 0.5) is 11.4 Å². The van der Waals surface area contributed by atoms with Crippen LogP contribution in [0.3, 0.4) is 0 Å². The Morgan fingerprint density at radius 1 is 1.28 bits per heavy atom. The highest BCUT2D eigenvalue weighted by Gasteiger charge is 2.38. The lowest BCUT2D eigenvalue weighted by atomic mass is 10.1. The van der Waals surface area contributed by atoms with Crippen LogP contribution in [0.5, 0.6) is 0 Å². The molecule has 2 aromatic rings. The van der Waals surface area contributed by atoms with Crippen LogP contribution in [0.15, 0.2) is 30.3 Å². The van der Waals surface area contributed by atoms with Gasteiger partial charge in [0.1, 0.15) is 6.54 Å². The normalized spacial score (nSPS) is 14.7. The molecule has 1 amide bonds. The Bertz CT molecular complexity index is 867. The molecule has 0 fully saturated rings. The summed E-state index contributed by atoms with van der Waals surface area (Å²) in [6.07, 6.45) is 0. The number of halogens is 1. The van der Waals surface area contributed by atoms with Gasteiger partial charge in [-0.05, 0) is 25.1 Å². The Balaban J connectivity index is 1.84. The summed E-state index contributed by atoms with van der Waals surface area (Å²) < 4.78 is 0.704. The van der Waals surface area contributed by atoms with Crippen LogP contribution in [-0.2, 0) is 11.3 Å². The quantitative estimate of drug-likeness (QED) is 0.471. The molecule has 0 saturated carbocycles. The second-order valence-electron chi connectivity index (χ2n) is 5.67. The van der Waals surface area contributed by atoms with Crippen LogP contribution in [0.2, 0.25) is 4.34 Å². The van der Waals surface area contributed by atoms with Crippen LogP contribution in [-0.4, -0.2) is 29.8 Å². The largest absolute Gasteiger partial charge is 0.313 e. The number of fused-ring (bicyclic) bond motifs is 1. The first-order valence-corrected chi connectivity index (χ1v) is 8.82. The van der Waals surface area contributed by atoms with Gasteiger partial charge in [0, 0.05) is 12.1 Å². The number of ketones is 1. The van der Waals surface area contributed by atoms with E-state index in [1.807, 2.05) is 19.1 Å². The summed E-state index contributed by atoms with van der Waals surface area (Å²) in [4.78, 5) is 38.4. The third kappa shape index (κ3) is 3.41. The van der Waals surface area contributed by atoms with Crippen molar-refractivity contribution in [1.29, 1.82) is 0 Å². The first-order chi connectivity index (χ1) is 11.9. The Morgan fingerprint density at radius 2 is 2.04 bits per heavy atom. The number of nitro groups is 1. The molecule has 0 spiro atoms. The average molecular weight is 381 g/mol. The molecule has 2 heterocycles. The van der Waals surface area contributed by atoms with Crippen molar-refractivity contribution in [3.63, 3.8) is 0 Å². The molecule has 1 aliphatic heterocycles. The standard InChI is InChI=1S/C16H14ClN3O4S/c1-2-18(8-11-4-6-14(17)25-11)9-19-13-5-3-10(20(23)24)7-12(13)15(21)16(19)22/h3-7H,2,8-9H2,1H3/p+1. The lowest BCUT2D eigenvalue weighted by Gasteiger charge is -2.23. The summed E-state index contributed by atoms with van der Waals surface area (Å²) >= 11 is 7.43. The SMILES string of the molecule is CC[NH+](Cc1ccc(Cl)s1)CN1C(=O)C(=O)c2cc([N+](=O)[O-])ccc21. The van der Waals surface area contributed by atoms with Gasteiger partial charge in [-0.1, -0.05) is 11.6 Å². The molecule has 1 atom stereocenters. The summed E-state index contributed by atoms with van der Waals surface area (Å²) in [6.45, 7) is 3.72. The number of thiophene rings is 1. The van der Waals surface area contributed by atoms with Crippen molar-refractivity contribution in [1.82, 2.24) is 0 Å². The van der Waals surface area contributed by atoms with Crippen LogP contribution < -0.4 is 9.80 Å². The van der Waals surface area contributed by atoms with Gasteiger partial charge >= 0.3 is 5.91 Å². The number of hydrogen-bond donors (Lipinski definition) is 1. The van der Waals surface area contributed by atoms with Gasteiger partial charge in [0.05, 0.1) is 31.9 Å². The van der Waals surface area contributed by atoms with E-state index in [2.05, 4.69) is 0 Å². The molecule has 0 saturated heterocycles. The number of hydrogen-bond acceptors (Lipinski definition) is 5. The molecular formula is C16H15ClN3O4S+. The highest BCUT2D eigenvalue weighted by molar-refractivity contribution is 7.16. The van der Waals surface area contributed by atoms with Crippen LogP contribution in [0, 0.1) is 10.1 Å². The van der Waals surface area contributed by atoms with E-state index >= 15 is 0 Å². The van der Waals surface area contributed by atoms with Crippen molar-refractivity contribution in [2.45, 2.75) is 13.5 Å². The molecule has 1 aromatic carbocycles. The minimum atomic E-state index is -0.701. The summed E-state index contributed by atoms with van der Waals surface area (Å²) in [5.41, 5.74) is 0.319. The van der Waals surface area contributed by atoms with Gasteiger partial charge in [-0.15, -0.1) is 11.3 Å². The van der Waals surface area contributed by atoms with E-state index in [0.717, 1.165) is 16.3 Å². The second-order valence-corrected chi connectivity index (χ2v) is 7.46. The van der Waals surface area contributed by atoms with E-state index in [1.54, 1.807) is 0 Å². The number of nitrogens with one attached hydrogen (secondary N) is 1. The lowest BCUT2D eigenvalue weighted by Crippen LogP contribution is -3.12.